The summed E-state index contributed by atoms with van der Waals surface area (Å²) in [5, 5.41) is 41.6. The van der Waals surface area contributed by atoms with Crippen LogP contribution in [-0.4, -0.2) is 45.2 Å². The minimum absolute atomic E-state index is 0. The number of hydrogen-bond donors (Lipinski definition) is 4. The van der Waals surface area contributed by atoms with E-state index in [1.807, 2.05) is 0 Å². The second kappa shape index (κ2) is 10.6. The number of nitro benzene ring substituents is 1. The summed E-state index contributed by atoms with van der Waals surface area (Å²) >= 11 is 0. The van der Waals surface area contributed by atoms with E-state index in [9.17, 15) is 30.2 Å². The predicted octanol–water partition coefficient (Wildman–Crippen LogP) is -2.46. The lowest BCUT2D eigenvalue weighted by Gasteiger charge is -2.19. The van der Waals surface area contributed by atoms with Crippen molar-refractivity contribution in [2.24, 2.45) is 0 Å². The van der Waals surface area contributed by atoms with Crippen molar-refractivity contribution in [1.82, 2.24) is 0 Å². The fourth-order valence-electron chi connectivity index (χ4n) is 2.60. The number of ketones is 1. The molecule has 0 spiro atoms. The van der Waals surface area contributed by atoms with E-state index < -0.39 is 17.1 Å². The number of carbonyl (C=O) groups excluding carboxylic acids is 1. The number of aliphatic hydroxyl groups is 2. The van der Waals surface area contributed by atoms with Crippen LogP contribution >= 0.6 is 0 Å². The van der Waals surface area contributed by atoms with Gasteiger partial charge in [0.2, 0.25) is 0 Å². The van der Waals surface area contributed by atoms with Gasteiger partial charge in [-0.05, 0) is 29.8 Å². The molecule has 2 unspecified atom stereocenters. The molecule has 0 aromatic heterocycles. The minimum atomic E-state index is -1.03. The number of halogens is 1. The first kappa shape index (κ1) is 22.5. The van der Waals surface area contributed by atoms with Gasteiger partial charge in [-0.25, -0.2) is 0 Å². The molecule has 2 rings (SSSR count). The van der Waals surface area contributed by atoms with Crippen molar-refractivity contribution in [3.05, 3.63) is 69.8 Å². The second-order valence-electron chi connectivity index (χ2n) is 5.89. The number of phenols is 1. The molecule has 0 saturated heterocycles. The lowest BCUT2D eigenvalue weighted by atomic mass is 10.0. The van der Waals surface area contributed by atoms with E-state index in [1.54, 1.807) is 17.4 Å². The van der Waals surface area contributed by atoms with Crippen molar-refractivity contribution in [1.29, 1.82) is 0 Å². The number of nitrogens with zero attached hydrogens (tertiary/aromatic N) is 1. The molecule has 27 heavy (non-hydrogen) atoms. The maximum atomic E-state index is 12.1. The van der Waals surface area contributed by atoms with Crippen LogP contribution in [0.25, 0.3) is 0 Å². The normalized spacial score (nSPS) is 12.7. The molecular weight excluding hydrogens is 376 g/mol. The molecule has 146 valence electrons. The van der Waals surface area contributed by atoms with Crippen molar-refractivity contribution in [3.63, 3.8) is 0 Å². The van der Waals surface area contributed by atoms with Gasteiger partial charge in [0.05, 0.1) is 24.5 Å². The average molecular weight is 397 g/mol. The Labute approximate surface area is 162 Å². The van der Waals surface area contributed by atoms with Gasteiger partial charge in [-0.3, -0.25) is 14.9 Å². The van der Waals surface area contributed by atoms with E-state index >= 15 is 0 Å². The van der Waals surface area contributed by atoms with E-state index in [4.69, 9.17) is 0 Å². The zero-order valence-electron chi connectivity index (χ0n) is 14.4. The third-order valence-electron chi connectivity index (χ3n) is 4.07. The highest BCUT2D eigenvalue weighted by Crippen LogP contribution is 2.19. The average Bonchev–Trinajstić information content (AvgIpc) is 2.64. The number of nitro groups is 1. The quantitative estimate of drug-likeness (QED) is 0.211. The number of Topliss-reactive ketones (excluding diaryl/α,β-unsaturated/α-hetero) is 1. The molecule has 0 bridgehead atoms. The number of quaternary nitrogens is 1. The van der Waals surface area contributed by atoms with Crippen LogP contribution in [0.3, 0.4) is 0 Å². The van der Waals surface area contributed by atoms with E-state index in [2.05, 4.69) is 0 Å². The molecule has 2 aromatic rings. The highest BCUT2D eigenvalue weighted by atomic mass is 35.5. The van der Waals surface area contributed by atoms with Crippen molar-refractivity contribution in [3.8, 4) is 5.75 Å². The number of aromatic hydroxyl groups is 1. The molecule has 0 aliphatic heterocycles. The summed E-state index contributed by atoms with van der Waals surface area (Å²) in [5.41, 5.74) is 0.766. The van der Waals surface area contributed by atoms with E-state index in [1.165, 1.54) is 36.4 Å². The number of rotatable bonds is 9. The van der Waals surface area contributed by atoms with Crippen LogP contribution in [0.4, 0.5) is 5.69 Å². The number of benzene rings is 2. The molecule has 9 heteroatoms. The van der Waals surface area contributed by atoms with Crippen LogP contribution in [0.5, 0.6) is 5.75 Å². The summed E-state index contributed by atoms with van der Waals surface area (Å²) in [5.74, 6) is -0.139. The summed E-state index contributed by atoms with van der Waals surface area (Å²) < 4.78 is 0. The Hall–Kier alpha value is -2.52. The fraction of sp³-hybridized carbons (Fsp3) is 0.278. The van der Waals surface area contributed by atoms with Gasteiger partial charge in [0.25, 0.3) is 5.69 Å². The Morgan fingerprint density at radius 3 is 2.41 bits per heavy atom. The molecule has 2 aromatic carbocycles. The Morgan fingerprint density at radius 1 is 1.19 bits per heavy atom. The van der Waals surface area contributed by atoms with Crippen molar-refractivity contribution < 1.29 is 42.8 Å². The van der Waals surface area contributed by atoms with Crippen LogP contribution in [0.2, 0.25) is 0 Å². The summed E-state index contributed by atoms with van der Waals surface area (Å²) in [6.45, 7) is 0.0161. The Balaban J connectivity index is 0.00000364. The Bertz CT molecular complexity index is 769. The molecule has 0 saturated carbocycles. The molecule has 8 nitrogen and oxygen atoms in total. The maximum Gasteiger partial charge on any atom is 0.269 e. The van der Waals surface area contributed by atoms with Gasteiger partial charge in [0.15, 0.2) is 5.78 Å². The lowest BCUT2D eigenvalue weighted by Crippen LogP contribution is -3.00. The Kier molecular flexibility index (Phi) is 8.83. The van der Waals surface area contributed by atoms with Gasteiger partial charge in [0.1, 0.15) is 17.9 Å². The van der Waals surface area contributed by atoms with Gasteiger partial charge >= 0.3 is 0 Å². The summed E-state index contributed by atoms with van der Waals surface area (Å²) in [4.78, 5) is 22.2. The number of phenolic OH excluding ortho intramolecular Hbond substituents is 1. The van der Waals surface area contributed by atoms with Crippen LogP contribution < -0.4 is 17.7 Å². The predicted molar refractivity (Wildman–Crippen MR) is 92.8 cm³/mol. The number of carbonyl (C=O) groups is 1. The molecule has 0 amide bonds. The summed E-state index contributed by atoms with van der Waals surface area (Å²) in [6.07, 6.45) is -0.857. The summed E-state index contributed by atoms with van der Waals surface area (Å²) in [6, 6.07) is 10.9. The number of non-ortho nitro benzene ring substituents is 1. The van der Waals surface area contributed by atoms with Crippen molar-refractivity contribution in [2.75, 3.05) is 13.2 Å². The highest BCUT2D eigenvalue weighted by molar-refractivity contribution is 5.96. The van der Waals surface area contributed by atoms with Crippen LogP contribution in [0.1, 0.15) is 28.4 Å². The van der Waals surface area contributed by atoms with E-state index in [0.29, 0.717) is 17.7 Å². The number of nitrogens with two attached hydrogens (primary N) is 1. The van der Waals surface area contributed by atoms with Gasteiger partial charge in [-0.1, -0.05) is 12.1 Å². The van der Waals surface area contributed by atoms with Crippen molar-refractivity contribution in [2.45, 2.75) is 18.6 Å². The van der Waals surface area contributed by atoms with Crippen LogP contribution in [0.15, 0.2) is 48.5 Å². The molecule has 0 radical (unpaired) electrons. The molecule has 5 N–H and O–H groups in total. The maximum absolute atomic E-state index is 12.1. The number of aliphatic hydroxyl groups excluding tert-OH is 2. The molecule has 2 atom stereocenters. The SMILES string of the molecule is O=C(CC[NH2+]C(CO)C(O)c1ccc([N+](=O)[O-])cc1)c1cccc(O)c1.[Cl-]. The van der Waals surface area contributed by atoms with E-state index in [0.717, 1.165) is 0 Å². The molecule has 0 fully saturated rings. The molecule has 0 heterocycles. The van der Waals surface area contributed by atoms with Crippen molar-refractivity contribution >= 4 is 11.5 Å². The first-order chi connectivity index (χ1) is 12.4. The van der Waals surface area contributed by atoms with E-state index in [-0.39, 0.29) is 42.7 Å². The molecule has 0 aliphatic rings. The van der Waals surface area contributed by atoms with Gasteiger partial charge < -0.3 is 33.0 Å². The lowest BCUT2D eigenvalue weighted by molar-refractivity contribution is -0.698. The zero-order valence-corrected chi connectivity index (χ0v) is 15.1. The van der Waals surface area contributed by atoms with Gasteiger partial charge in [-0.15, -0.1) is 0 Å². The smallest absolute Gasteiger partial charge is 0.269 e. The topological polar surface area (TPSA) is 138 Å². The highest BCUT2D eigenvalue weighted by Gasteiger charge is 2.24. The number of hydrogen-bond acceptors (Lipinski definition) is 6. The van der Waals surface area contributed by atoms with Crippen LogP contribution in [0, 0.1) is 10.1 Å². The molecule has 0 aliphatic carbocycles. The molecular formula is C18H21ClN2O6. The monoisotopic (exact) mass is 396 g/mol. The fourth-order valence-corrected chi connectivity index (χ4v) is 2.60. The third-order valence-corrected chi connectivity index (χ3v) is 4.07. The first-order valence-corrected chi connectivity index (χ1v) is 8.11. The standard InChI is InChI=1S/C18H20N2O6.ClH/c21-11-16(18(24)12-4-6-14(7-5-12)20(25)26)19-9-8-17(23)13-2-1-3-15(22)10-13;/h1-7,10,16,18-19,21-22,24H,8-9,11H2;1H. The largest absolute Gasteiger partial charge is 1.00 e. The zero-order chi connectivity index (χ0) is 19.1. The Morgan fingerprint density at radius 2 is 1.85 bits per heavy atom. The van der Waals surface area contributed by atoms with Gasteiger partial charge in [0, 0.05) is 17.7 Å². The van der Waals surface area contributed by atoms with Gasteiger partial charge in [-0.2, -0.15) is 0 Å². The van der Waals surface area contributed by atoms with Crippen LogP contribution in [-0.2, 0) is 0 Å². The third kappa shape index (κ3) is 6.30. The minimum Gasteiger partial charge on any atom is -1.00 e. The second-order valence-corrected chi connectivity index (χ2v) is 5.89. The summed E-state index contributed by atoms with van der Waals surface area (Å²) in [7, 11) is 0. The first-order valence-electron chi connectivity index (χ1n) is 8.11.